The Morgan fingerprint density at radius 3 is 2.46 bits per heavy atom. The van der Waals surface area contributed by atoms with Crippen LogP contribution in [0.3, 0.4) is 0 Å². The van der Waals surface area contributed by atoms with Gasteiger partial charge < -0.3 is 10.1 Å². The molecule has 0 saturated heterocycles. The molecule has 1 unspecified atom stereocenters. The van der Waals surface area contributed by atoms with E-state index in [1.807, 2.05) is 24.3 Å². The van der Waals surface area contributed by atoms with E-state index in [-0.39, 0.29) is 23.5 Å². The number of carbonyl (C=O) groups is 1. The molecule has 0 radical (unpaired) electrons. The van der Waals surface area contributed by atoms with Crippen LogP contribution in [-0.2, 0) is 25.0 Å². The first-order valence-corrected chi connectivity index (χ1v) is 11.2. The minimum absolute atomic E-state index is 0.0759. The van der Waals surface area contributed by atoms with Crippen LogP contribution in [0.15, 0.2) is 57.9 Å². The fraction of sp³-hybridized carbons (Fsp3) is 0.350. The molecule has 1 aliphatic carbocycles. The maximum Gasteiger partial charge on any atom is 0.240 e. The van der Waals surface area contributed by atoms with Gasteiger partial charge in [0.05, 0.1) is 16.9 Å². The van der Waals surface area contributed by atoms with E-state index in [2.05, 4.69) is 26.0 Å². The van der Waals surface area contributed by atoms with E-state index in [1.165, 1.54) is 19.2 Å². The van der Waals surface area contributed by atoms with Gasteiger partial charge in [0, 0.05) is 23.3 Å². The summed E-state index contributed by atoms with van der Waals surface area (Å²) in [5, 5.41) is 2.91. The molecule has 0 spiro atoms. The number of ether oxygens (including phenoxy) is 1. The Bertz CT molecular complexity index is 956. The molecule has 2 aromatic rings. The standard InChI is InChI=1S/C20H23BrN2O4S/c1-14(13-27-2)23-28(25,26)18-8-6-17(7-9-18)22-19(24)20(10-11-20)15-4-3-5-16(21)12-15/h3-9,12,14,23H,10-11,13H2,1-2H3,(H,22,24). The lowest BCUT2D eigenvalue weighted by molar-refractivity contribution is -0.118. The number of rotatable bonds is 8. The van der Waals surface area contributed by atoms with Crippen LogP contribution in [0.4, 0.5) is 5.69 Å². The normalized spacial score (nSPS) is 16.4. The number of anilines is 1. The smallest absolute Gasteiger partial charge is 0.240 e. The molecule has 1 fully saturated rings. The van der Waals surface area contributed by atoms with E-state index in [9.17, 15) is 13.2 Å². The summed E-state index contributed by atoms with van der Waals surface area (Å²) in [6.45, 7) is 2.01. The van der Waals surface area contributed by atoms with Crippen molar-refractivity contribution in [2.75, 3.05) is 19.0 Å². The van der Waals surface area contributed by atoms with E-state index >= 15 is 0 Å². The number of nitrogens with one attached hydrogen (secondary N) is 2. The molecule has 0 heterocycles. The topological polar surface area (TPSA) is 84.5 Å². The van der Waals surface area contributed by atoms with Gasteiger partial charge in [-0.2, -0.15) is 0 Å². The number of benzene rings is 2. The average Bonchev–Trinajstić information content (AvgIpc) is 3.44. The Hall–Kier alpha value is -1.74. The summed E-state index contributed by atoms with van der Waals surface area (Å²) in [7, 11) is -2.12. The van der Waals surface area contributed by atoms with E-state index in [0.29, 0.717) is 5.69 Å². The Morgan fingerprint density at radius 2 is 1.89 bits per heavy atom. The molecule has 1 atom stereocenters. The lowest BCUT2D eigenvalue weighted by atomic mass is 9.95. The van der Waals surface area contributed by atoms with Crippen LogP contribution in [0.25, 0.3) is 0 Å². The fourth-order valence-corrected chi connectivity index (χ4v) is 4.77. The Kier molecular flexibility index (Phi) is 6.24. The number of halogens is 1. The molecule has 28 heavy (non-hydrogen) atoms. The number of carbonyl (C=O) groups excluding carboxylic acids is 1. The molecule has 6 nitrogen and oxygen atoms in total. The quantitative estimate of drug-likeness (QED) is 0.623. The molecule has 2 aromatic carbocycles. The number of hydrogen-bond acceptors (Lipinski definition) is 4. The van der Waals surface area contributed by atoms with Gasteiger partial charge in [-0.3, -0.25) is 4.79 Å². The highest BCUT2D eigenvalue weighted by atomic mass is 79.9. The molecule has 0 bridgehead atoms. The van der Waals surface area contributed by atoms with Gasteiger partial charge in [-0.05, 0) is 61.7 Å². The second kappa shape index (κ2) is 8.32. The Morgan fingerprint density at radius 1 is 1.21 bits per heavy atom. The molecule has 1 saturated carbocycles. The van der Waals surface area contributed by atoms with Gasteiger partial charge in [0.15, 0.2) is 0 Å². The molecule has 0 aromatic heterocycles. The minimum atomic E-state index is -3.64. The SMILES string of the molecule is COCC(C)NS(=O)(=O)c1ccc(NC(=O)C2(c3cccc(Br)c3)CC2)cc1. The van der Waals surface area contributed by atoms with Gasteiger partial charge in [0.2, 0.25) is 15.9 Å². The lowest BCUT2D eigenvalue weighted by Crippen LogP contribution is -2.35. The van der Waals surface area contributed by atoms with Crippen molar-refractivity contribution in [1.82, 2.24) is 4.72 Å². The third-order valence-corrected chi connectivity index (χ3v) is 6.86. The minimum Gasteiger partial charge on any atom is -0.383 e. The van der Waals surface area contributed by atoms with Crippen molar-refractivity contribution in [2.45, 2.75) is 36.1 Å². The van der Waals surface area contributed by atoms with Crippen molar-refractivity contribution in [1.29, 1.82) is 0 Å². The van der Waals surface area contributed by atoms with Crippen molar-refractivity contribution in [3.63, 3.8) is 0 Å². The summed E-state index contributed by atoms with van der Waals surface area (Å²) < 4.78 is 33.2. The van der Waals surface area contributed by atoms with E-state index in [1.54, 1.807) is 19.1 Å². The van der Waals surface area contributed by atoms with Gasteiger partial charge in [-0.25, -0.2) is 13.1 Å². The molecule has 8 heteroatoms. The van der Waals surface area contributed by atoms with Crippen molar-refractivity contribution >= 4 is 37.5 Å². The molecular formula is C20H23BrN2O4S. The molecule has 1 amide bonds. The molecule has 0 aliphatic heterocycles. The number of hydrogen-bond donors (Lipinski definition) is 2. The van der Waals surface area contributed by atoms with Gasteiger partial charge in [-0.1, -0.05) is 28.1 Å². The molecule has 3 rings (SSSR count). The molecule has 1 aliphatic rings. The zero-order valence-corrected chi connectivity index (χ0v) is 18.1. The average molecular weight is 467 g/mol. The Labute approximate surface area is 173 Å². The first-order valence-electron chi connectivity index (χ1n) is 8.96. The monoisotopic (exact) mass is 466 g/mol. The van der Waals surface area contributed by atoms with Crippen LogP contribution in [0.5, 0.6) is 0 Å². The second-order valence-electron chi connectivity index (χ2n) is 7.05. The molecular weight excluding hydrogens is 444 g/mol. The van der Waals surface area contributed by atoms with Crippen LogP contribution < -0.4 is 10.0 Å². The van der Waals surface area contributed by atoms with Crippen LogP contribution in [0.2, 0.25) is 0 Å². The largest absolute Gasteiger partial charge is 0.383 e. The highest BCUT2D eigenvalue weighted by molar-refractivity contribution is 9.10. The lowest BCUT2D eigenvalue weighted by Gasteiger charge is -2.17. The maximum absolute atomic E-state index is 12.8. The first-order chi connectivity index (χ1) is 13.3. The second-order valence-corrected chi connectivity index (χ2v) is 9.68. The van der Waals surface area contributed by atoms with Gasteiger partial charge >= 0.3 is 0 Å². The third kappa shape index (κ3) is 4.63. The Balaban J connectivity index is 1.70. The highest BCUT2D eigenvalue weighted by Crippen LogP contribution is 2.49. The summed E-state index contributed by atoms with van der Waals surface area (Å²) in [5.74, 6) is -0.0759. The van der Waals surface area contributed by atoms with Crippen molar-refractivity contribution in [2.24, 2.45) is 0 Å². The number of sulfonamides is 1. The van der Waals surface area contributed by atoms with Gasteiger partial charge in [-0.15, -0.1) is 0 Å². The number of amides is 1. The predicted molar refractivity (Wildman–Crippen MR) is 112 cm³/mol. The zero-order valence-electron chi connectivity index (χ0n) is 15.7. The fourth-order valence-electron chi connectivity index (χ4n) is 3.14. The number of methoxy groups -OCH3 is 1. The summed E-state index contributed by atoms with van der Waals surface area (Å²) >= 11 is 3.45. The summed E-state index contributed by atoms with van der Waals surface area (Å²) in [6.07, 6.45) is 1.59. The van der Waals surface area contributed by atoms with Crippen LogP contribution in [0, 0.1) is 0 Å². The van der Waals surface area contributed by atoms with E-state index < -0.39 is 15.4 Å². The summed E-state index contributed by atoms with van der Waals surface area (Å²) in [4.78, 5) is 13.0. The van der Waals surface area contributed by atoms with E-state index in [0.717, 1.165) is 22.9 Å². The van der Waals surface area contributed by atoms with Crippen LogP contribution >= 0.6 is 15.9 Å². The predicted octanol–water partition coefficient (Wildman–Crippen LogP) is 3.43. The molecule has 2 N–H and O–H groups in total. The van der Waals surface area contributed by atoms with Crippen molar-refractivity contribution in [3.05, 3.63) is 58.6 Å². The zero-order chi connectivity index (χ0) is 20.4. The highest BCUT2D eigenvalue weighted by Gasteiger charge is 2.51. The van der Waals surface area contributed by atoms with Crippen molar-refractivity contribution < 1.29 is 17.9 Å². The van der Waals surface area contributed by atoms with Crippen molar-refractivity contribution in [3.8, 4) is 0 Å². The van der Waals surface area contributed by atoms with Crippen LogP contribution in [0.1, 0.15) is 25.3 Å². The van der Waals surface area contributed by atoms with E-state index in [4.69, 9.17) is 4.74 Å². The van der Waals surface area contributed by atoms with Gasteiger partial charge in [0.25, 0.3) is 0 Å². The van der Waals surface area contributed by atoms with Gasteiger partial charge in [0.1, 0.15) is 0 Å². The maximum atomic E-state index is 12.8. The van der Waals surface area contributed by atoms with Crippen LogP contribution in [-0.4, -0.2) is 34.1 Å². The summed E-state index contributed by atoms with van der Waals surface area (Å²) in [6, 6.07) is 13.6. The first kappa shape index (κ1) is 21.0. The third-order valence-electron chi connectivity index (χ3n) is 4.76. The summed E-state index contributed by atoms with van der Waals surface area (Å²) in [5.41, 5.74) is 1.04. The molecule has 150 valence electrons.